The number of likely N-dealkylation sites (tertiary alicyclic amines) is 1. The molecule has 1 aliphatic rings. The molecule has 6 nitrogen and oxygen atoms in total. The van der Waals surface area contributed by atoms with Gasteiger partial charge in [-0.2, -0.15) is 0 Å². The lowest BCUT2D eigenvalue weighted by Gasteiger charge is -2.24. The van der Waals surface area contributed by atoms with Gasteiger partial charge in [0.15, 0.2) is 0 Å². The molecule has 1 aromatic heterocycles. The SMILES string of the molecule is Cc1cc(C)nc(OC[C@@]2(O)CCN(C(=O)C[C@@H](C)c3ccccc3)C2)n1. The molecule has 27 heavy (non-hydrogen) atoms. The largest absolute Gasteiger partial charge is 0.460 e. The number of β-amino-alcohol motifs (C(OH)–C–C–N with tert-alkyl or cyclic N) is 1. The fourth-order valence-electron chi connectivity index (χ4n) is 3.43. The Kier molecular flexibility index (Phi) is 5.75. The summed E-state index contributed by atoms with van der Waals surface area (Å²) in [5.74, 6) is 0.206. The van der Waals surface area contributed by atoms with Gasteiger partial charge in [0, 0.05) is 24.4 Å². The summed E-state index contributed by atoms with van der Waals surface area (Å²) >= 11 is 0. The molecule has 6 heteroatoms. The minimum atomic E-state index is -1.06. The first kappa shape index (κ1) is 19.3. The number of benzene rings is 1. The molecule has 144 valence electrons. The molecule has 0 spiro atoms. The van der Waals surface area contributed by atoms with Crippen molar-refractivity contribution in [2.75, 3.05) is 19.7 Å². The molecule has 1 aliphatic heterocycles. The number of aromatic nitrogens is 2. The second-order valence-electron chi connectivity index (χ2n) is 7.53. The van der Waals surface area contributed by atoms with Gasteiger partial charge in [0.25, 0.3) is 0 Å². The molecule has 2 aromatic rings. The molecule has 2 atom stereocenters. The maximum atomic E-state index is 12.6. The molecule has 1 N–H and O–H groups in total. The zero-order chi connectivity index (χ0) is 19.4. The summed E-state index contributed by atoms with van der Waals surface area (Å²) in [7, 11) is 0. The minimum absolute atomic E-state index is 0.0601. The lowest BCUT2D eigenvalue weighted by molar-refractivity contribution is -0.131. The molecular weight excluding hydrogens is 342 g/mol. The van der Waals surface area contributed by atoms with Gasteiger partial charge in [-0.05, 0) is 37.8 Å². The Morgan fingerprint density at radius 2 is 1.93 bits per heavy atom. The summed E-state index contributed by atoms with van der Waals surface area (Å²) in [6.07, 6.45) is 0.921. The highest BCUT2D eigenvalue weighted by Crippen LogP contribution is 2.26. The van der Waals surface area contributed by atoms with E-state index in [1.54, 1.807) is 4.90 Å². The predicted molar refractivity (Wildman–Crippen MR) is 103 cm³/mol. The van der Waals surface area contributed by atoms with Crippen LogP contribution in [-0.2, 0) is 4.79 Å². The van der Waals surface area contributed by atoms with E-state index in [0.29, 0.717) is 19.4 Å². The van der Waals surface area contributed by atoms with Gasteiger partial charge in [0.05, 0.1) is 6.54 Å². The summed E-state index contributed by atoms with van der Waals surface area (Å²) in [6, 6.07) is 12.1. The maximum Gasteiger partial charge on any atom is 0.316 e. The number of rotatable bonds is 6. The van der Waals surface area contributed by atoms with Gasteiger partial charge in [-0.3, -0.25) is 4.79 Å². The molecule has 1 saturated heterocycles. The summed E-state index contributed by atoms with van der Waals surface area (Å²) in [6.45, 7) is 6.69. The molecular formula is C21H27N3O3. The van der Waals surface area contributed by atoms with E-state index in [1.165, 1.54) is 0 Å². The first-order valence-electron chi connectivity index (χ1n) is 9.35. The minimum Gasteiger partial charge on any atom is -0.460 e. The van der Waals surface area contributed by atoms with Crippen molar-refractivity contribution in [3.05, 3.63) is 53.3 Å². The van der Waals surface area contributed by atoms with Crippen LogP contribution in [-0.4, -0.2) is 51.2 Å². The van der Waals surface area contributed by atoms with Crippen molar-refractivity contribution in [2.45, 2.75) is 45.1 Å². The highest BCUT2D eigenvalue weighted by Gasteiger charge is 2.39. The van der Waals surface area contributed by atoms with E-state index < -0.39 is 5.60 Å². The standard InChI is InChI=1S/C21H27N3O3/c1-15(18-7-5-4-6-8-18)11-19(25)24-10-9-21(26,13-24)14-27-20-22-16(2)12-17(3)23-20/h4-8,12,15,26H,9-11,13-14H2,1-3H3/t15-,21-/m1/s1. The second-order valence-corrected chi connectivity index (χ2v) is 7.53. The normalized spacial score (nSPS) is 20.5. The van der Waals surface area contributed by atoms with Crippen molar-refractivity contribution < 1.29 is 14.6 Å². The molecule has 1 fully saturated rings. The molecule has 0 unspecified atom stereocenters. The van der Waals surface area contributed by atoms with E-state index in [0.717, 1.165) is 17.0 Å². The van der Waals surface area contributed by atoms with Crippen molar-refractivity contribution in [1.29, 1.82) is 0 Å². The Labute approximate surface area is 160 Å². The van der Waals surface area contributed by atoms with Gasteiger partial charge in [-0.15, -0.1) is 0 Å². The van der Waals surface area contributed by atoms with Crippen LogP contribution in [0.25, 0.3) is 0 Å². The number of carbonyl (C=O) groups is 1. The smallest absolute Gasteiger partial charge is 0.316 e. The Hall–Kier alpha value is -2.47. The fraction of sp³-hybridized carbons (Fsp3) is 0.476. The topological polar surface area (TPSA) is 75.6 Å². The highest BCUT2D eigenvalue weighted by molar-refractivity contribution is 5.77. The van der Waals surface area contributed by atoms with Crippen molar-refractivity contribution in [1.82, 2.24) is 14.9 Å². The van der Waals surface area contributed by atoms with Crippen LogP contribution < -0.4 is 4.74 Å². The van der Waals surface area contributed by atoms with Gasteiger partial charge >= 0.3 is 6.01 Å². The summed E-state index contributed by atoms with van der Waals surface area (Å²) < 4.78 is 5.62. The van der Waals surface area contributed by atoms with Crippen LogP contribution in [0.4, 0.5) is 0 Å². The number of aryl methyl sites for hydroxylation is 2. The summed E-state index contributed by atoms with van der Waals surface area (Å²) in [5.41, 5.74) is 1.73. The zero-order valence-electron chi connectivity index (χ0n) is 16.2. The molecule has 0 radical (unpaired) electrons. The van der Waals surface area contributed by atoms with E-state index in [2.05, 4.69) is 16.9 Å². The van der Waals surface area contributed by atoms with Crippen LogP contribution in [0.5, 0.6) is 6.01 Å². The van der Waals surface area contributed by atoms with Crippen molar-refractivity contribution in [3.63, 3.8) is 0 Å². The van der Waals surface area contributed by atoms with Crippen LogP contribution in [0.1, 0.15) is 42.6 Å². The van der Waals surface area contributed by atoms with Crippen LogP contribution >= 0.6 is 0 Å². The van der Waals surface area contributed by atoms with E-state index in [-0.39, 0.29) is 31.0 Å². The lowest BCUT2D eigenvalue weighted by Crippen LogP contribution is -2.41. The molecule has 0 saturated carbocycles. The van der Waals surface area contributed by atoms with Gasteiger partial charge in [0.1, 0.15) is 12.2 Å². The Balaban J connectivity index is 1.54. The van der Waals surface area contributed by atoms with E-state index >= 15 is 0 Å². The van der Waals surface area contributed by atoms with Crippen molar-refractivity contribution in [3.8, 4) is 6.01 Å². The van der Waals surface area contributed by atoms with Crippen LogP contribution in [0.15, 0.2) is 36.4 Å². The molecule has 2 heterocycles. The summed E-state index contributed by atoms with van der Waals surface area (Å²) in [5, 5.41) is 10.8. The highest BCUT2D eigenvalue weighted by atomic mass is 16.5. The van der Waals surface area contributed by atoms with E-state index in [4.69, 9.17) is 4.74 Å². The second kappa shape index (κ2) is 8.05. The van der Waals surface area contributed by atoms with Crippen molar-refractivity contribution in [2.24, 2.45) is 0 Å². The number of ether oxygens (including phenoxy) is 1. The number of hydrogen-bond acceptors (Lipinski definition) is 5. The number of amides is 1. The third kappa shape index (κ3) is 5.04. The zero-order valence-corrected chi connectivity index (χ0v) is 16.2. The molecule has 3 rings (SSSR count). The lowest BCUT2D eigenvalue weighted by atomic mass is 9.97. The van der Waals surface area contributed by atoms with Gasteiger partial charge < -0.3 is 14.7 Å². The number of hydrogen-bond donors (Lipinski definition) is 1. The van der Waals surface area contributed by atoms with Gasteiger partial charge in [-0.25, -0.2) is 9.97 Å². The Morgan fingerprint density at radius 3 is 2.59 bits per heavy atom. The first-order valence-corrected chi connectivity index (χ1v) is 9.35. The molecule has 0 bridgehead atoms. The van der Waals surface area contributed by atoms with Crippen LogP contribution in [0.2, 0.25) is 0 Å². The van der Waals surface area contributed by atoms with Crippen LogP contribution in [0, 0.1) is 13.8 Å². The van der Waals surface area contributed by atoms with Crippen molar-refractivity contribution >= 4 is 5.91 Å². The Bertz CT molecular complexity index is 776. The summed E-state index contributed by atoms with van der Waals surface area (Å²) in [4.78, 5) is 22.8. The quantitative estimate of drug-likeness (QED) is 0.847. The van der Waals surface area contributed by atoms with E-state index in [1.807, 2.05) is 50.2 Å². The average molecular weight is 369 g/mol. The average Bonchev–Trinajstić information content (AvgIpc) is 3.03. The van der Waals surface area contributed by atoms with Gasteiger partial charge in [-0.1, -0.05) is 37.3 Å². The number of carbonyl (C=O) groups excluding carboxylic acids is 1. The first-order chi connectivity index (χ1) is 12.8. The monoisotopic (exact) mass is 369 g/mol. The maximum absolute atomic E-state index is 12.6. The molecule has 1 aromatic carbocycles. The number of nitrogens with zero attached hydrogens (tertiary/aromatic N) is 3. The fourth-order valence-corrected chi connectivity index (χ4v) is 3.43. The van der Waals surface area contributed by atoms with Crippen LogP contribution in [0.3, 0.4) is 0 Å². The predicted octanol–water partition coefficient (Wildman–Crippen LogP) is 2.63. The Morgan fingerprint density at radius 1 is 1.26 bits per heavy atom. The third-order valence-electron chi connectivity index (χ3n) is 4.97. The third-order valence-corrected chi connectivity index (χ3v) is 4.97. The van der Waals surface area contributed by atoms with E-state index in [9.17, 15) is 9.90 Å². The molecule has 1 amide bonds. The molecule has 0 aliphatic carbocycles. The number of aliphatic hydroxyl groups is 1. The van der Waals surface area contributed by atoms with Gasteiger partial charge in [0.2, 0.25) is 5.91 Å².